The van der Waals surface area contributed by atoms with E-state index in [9.17, 15) is 14.4 Å². The molecule has 1 spiro atoms. The molecule has 1 N–H and O–H groups in total. The topological polar surface area (TPSA) is 75.7 Å². The lowest BCUT2D eigenvalue weighted by Gasteiger charge is -2.30. The van der Waals surface area contributed by atoms with Crippen LogP contribution in [0.3, 0.4) is 0 Å². The van der Waals surface area contributed by atoms with Crippen LogP contribution < -0.4 is 10.1 Å². The molecular formula is C25H20N2O4. The van der Waals surface area contributed by atoms with Crippen LogP contribution in [0.2, 0.25) is 0 Å². The summed E-state index contributed by atoms with van der Waals surface area (Å²) in [7, 11) is 3.10. The number of nitrogens with one attached hydrogen (secondary N) is 1. The van der Waals surface area contributed by atoms with E-state index >= 15 is 0 Å². The molecule has 3 aliphatic rings. The van der Waals surface area contributed by atoms with Gasteiger partial charge < -0.3 is 4.74 Å². The summed E-state index contributed by atoms with van der Waals surface area (Å²) in [6, 6.07) is 18.4. The number of imide groups is 1. The monoisotopic (exact) mass is 412 g/mol. The Kier molecular flexibility index (Phi) is 3.55. The molecule has 6 nitrogen and oxygen atoms in total. The van der Waals surface area contributed by atoms with Gasteiger partial charge in [0.1, 0.15) is 11.3 Å². The number of likely N-dealkylation sites (tertiary alicyclic amines) is 1. The van der Waals surface area contributed by atoms with E-state index in [4.69, 9.17) is 4.74 Å². The number of Topliss-reactive ketones (excluding diaryl/α,β-unsaturated/α-hetero) is 1. The van der Waals surface area contributed by atoms with Crippen molar-refractivity contribution in [2.45, 2.75) is 11.6 Å². The van der Waals surface area contributed by atoms with Crippen molar-refractivity contribution in [2.24, 2.45) is 11.8 Å². The summed E-state index contributed by atoms with van der Waals surface area (Å²) in [6.45, 7) is 0. The third kappa shape index (κ3) is 2.08. The summed E-state index contributed by atoms with van der Waals surface area (Å²) in [6.07, 6.45) is 0. The van der Waals surface area contributed by atoms with Crippen molar-refractivity contribution in [3.8, 4) is 5.75 Å². The van der Waals surface area contributed by atoms with Crippen LogP contribution in [0.1, 0.15) is 27.5 Å². The zero-order chi connectivity index (χ0) is 21.5. The first-order valence-corrected chi connectivity index (χ1v) is 10.3. The molecule has 6 heteroatoms. The number of methoxy groups -OCH3 is 1. The van der Waals surface area contributed by atoms with Gasteiger partial charge in [-0.3, -0.25) is 24.6 Å². The average Bonchev–Trinajstić information content (AvgIpc) is 3.36. The van der Waals surface area contributed by atoms with Gasteiger partial charge in [0.05, 0.1) is 18.9 Å². The van der Waals surface area contributed by atoms with Crippen molar-refractivity contribution in [2.75, 3.05) is 14.2 Å². The van der Waals surface area contributed by atoms with Crippen LogP contribution in [-0.4, -0.2) is 36.7 Å². The molecular weight excluding hydrogens is 392 g/mol. The lowest BCUT2D eigenvalue weighted by Crippen LogP contribution is -2.50. The van der Waals surface area contributed by atoms with Crippen LogP contribution in [0.15, 0.2) is 60.7 Å². The Morgan fingerprint density at radius 3 is 2.35 bits per heavy atom. The second-order valence-electron chi connectivity index (χ2n) is 8.48. The van der Waals surface area contributed by atoms with Crippen molar-refractivity contribution < 1.29 is 19.1 Å². The van der Waals surface area contributed by atoms with E-state index in [1.165, 1.54) is 11.9 Å². The van der Waals surface area contributed by atoms with Crippen LogP contribution in [0.5, 0.6) is 5.75 Å². The zero-order valence-electron chi connectivity index (χ0n) is 17.1. The standard InChI is InChI=1S/C25H20N2O4/c1-27-23(29)19-20(24(27)30)25(26-21(19)14-9-11-15(31-2)12-10-14)17-8-4-6-13-5-3-7-16(18(13)17)22(25)28/h3-12,19-21,26H,1-2H3/t19-,20-,21-,25+/m0/s1. The number of fused-ring (bicyclic) bond motifs is 3. The lowest BCUT2D eigenvalue weighted by molar-refractivity contribution is -0.139. The Bertz CT molecular complexity index is 1290. The highest BCUT2D eigenvalue weighted by molar-refractivity contribution is 6.23. The molecule has 3 aromatic carbocycles. The van der Waals surface area contributed by atoms with Crippen molar-refractivity contribution in [3.63, 3.8) is 0 Å². The van der Waals surface area contributed by atoms with Crippen molar-refractivity contribution in [1.29, 1.82) is 0 Å². The van der Waals surface area contributed by atoms with E-state index in [2.05, 4.69) is 5.32 Å². The number of ether oxygens (including phenoxy) is 1. The molecule has 0 radical (unpaired) electrons. The molecule has 2 fully saturated rings. The predicted octanol–water partition coefficient (Wildman–Crippen LogP) is 2.82. The molecule has 0 bridgehead atoms. The van der Waals surface area contributed by atoms with Crippen molar-refractivity contribution >= 4 is 28.4 Å². The van der Waals surface area contributed by atoms with Gasteiger partial charge >= 0.3 is 0 Å². The van der Waals surface area contributed by atoms with Gasteiger partial charge in [-0.05, 0) is 34.0 Å². The first-order chi connectivity index (χ1) is 15.0. The summed E-state index contributed by atoms with van der Waals surface area (Å²) in [5, 5.41) is 5.32. The van der Waals surface area contributed by atoms with E-state index in [0.29, 0.717) is 11.3 Å². The number of nitrogens with zero attached hydrogens (tertiary/aromatic N) is 1. The van der Waals surface area contributed by atoms with Gasteiger partial charge in [-0.25, -0.2) is 0 Å². The van der Waals surface area contributed by atoms with Gasteiger partial charge in [-0.1, -0.05) is 48.5 Å². The number of ketones is 1. The Balaban J connectivity index is 1.60. The van der Waals surface area contributed by atoms with Crippen LogP contribution in [0.25, 0.3) is 10.8 Å². The molecule has 0 unspecified atom stereocenters. The Morgan fingerprint density at radius 2 is 1.65 bits per heavy atom. The van der Waals surface area contributed by atoms with E-state index in [-0.39, 0.29) is 17.6 Å². The summed E-state index contributed by atoms with van der Waals surface area (Å²) >= 11 is 0. The van der Waals surface area contributed by atoms with Crippen molar-refractivity contribution in [1.82, 2.24) is 10.2 Å². The summed E-state index contributed by atoms with van der Waals surface area (Å²) < 4.78 is 5.26. The normalized spacial score (nSPS) is 28.8. The largest absolute Gasteiger partial charge is 0.497 e. The minimum Gasteiger partial charge on any atom is -0.497 e. The number of hydrogen-bond donors (Lipinski definition) is 1. The molecule has 0 saturated carbocycles. The number of rotatable bonds is 2. The fourth-order valence-corrected chi connectivity index (χ4v) is 5.80. The fraction of sp³-hybridized carbons (Fsp3) is 0.240. The van der Waals surface area contributed by atoms with Gasteiger partial charge in [0, 0.05) is 18.7 Å². The summed E-state index contributed by atoms with van der Waals surface area (Å²) in [5.41, 5.74) is 0.980. The fourth-order valence-electron chi connectivity index (χ4n) is 5.80. The van der Waals surface area contributed by atoms with E-state index in [1.807, 2.05) is 60.7 Å². The molecule has 2 heterocycles. The number of carbonyl (C=O) groups is 3. The Labute approximate surface area is 178 Å². The molecule has 31 heavy (non-hydrogen) atoms. The minimum atomic E-state index is -1.25. The third-order valence-electron chi connectivity index (χ3n) is 7.19. The molecule has 2 amide bonds. The number of amides is 2. The number of benzene rings is 3. The number of hydrogen-bond acceptors (Lipinski definition) is 5. The highest BCUT2D eigenvalue weighted by Gasteiger charge is 2.69. The van der Waals surface area contributed by atoms with Crippen LogP contribution in [-0.2, 0) is 15.1 Å². The highest BCUT2D eigenvalue weighted by atomic mass is 16.5. The van der Waals surface area contributed by atoms with Gasteiger partial charge in [-0.15, -0.1) is 0 Å². The second-order valence-corrected chi connectivity index (χ2v) is 8.48. The van der Waals surface area contributed by atoms with E-state index in [0.717, 1.165) is 21.9 Å². The lowest BCUT2D eigenvalue weighted by atomic mass is 9.75. The van der Waals surface area contributed by atoms with Gasteiger partial charge in [0.25, 0.3) is 0 Å². The molecule has 2 saturated heterocycles. The maximum atomic E-state index is 13.9. The van der Waals surface area contributed by atoms with Gasteiger partial charge in [0.15, 0.2) is 5.78 Å². The molecule has 0 aromatic heterocycles. The molecule has 4 atom stereocenters. The average molecular weight is 412 g/mol. The summed E-state index contributed by atoms with van der Waals surface area (Å²) in [4.78, 5) is 41.6. The molecule has 2 aliphatic heterocycles. The zero-order valence-corrected chi connectivity index (χ0v) is 17.1. The van der Waals surface area contributed by atoms with E-state index < -0.39 is 23.4 Å². The van der Waals surface area contributed by atoms with Crippen LogP contribution >= 0.6 is 0 Å². The third-order valence-corrected chi connectivity index (χ3v) is 7.19. The van der Waals surface area contributed by atoms with Crippen LogP contribution in [0, 0.1) is 11.8 Å². The molecule has 6 rings (SSSR count). The van der Waals surface area contributed by atoms with Gasteiger partial charge in [-0.2, -0.15) is 0 Å². The Hall–Kier alpha value is -3.51. The first kappa shape index (κ1) is 18.3. The van der Waals surface area contributed by atoms with Crippen molar-refractivity contribution in [3.05, 3.63) is 77.4 Å². The quantitative estimate of drug-likeness (QED) is 0.655. The smallest absolute Gasteiger partial charge is 0.235 e. The molecule has 1 aliphatic carbocycles. The maximum absolute atomic E-state index is 13.9. The molecule has 154 valence electrons. The molecule has 3 aromatic rings. The number of carbonyl (C=O) groups excluding carboxylic acids is 3. The SMILES string of the molecule is COc1ccc([C@@H]2N[C@@]3(C(=O)c4cccc5cccc3c45)[C@@H]3C(=O)N(C)C(=O)[C@@H]32)cc1. The van der Waals surface area contributed by atoms with Gasteiger partial charge in [0.2, 0.25) is 11.8 Å². The Morgan fingerprint density at radius 1 is 0.935 bits per heavy atom. The van der Waals surface area contributed by atoms with E-state index in [1.54, 1.807) is 7.11 Å². The predicted molar refractivity (Wildman–Crippen MR) is 114 cm³/mol. The summed E-state index contributed by atoms with van der Waals surface area (Å²) in [5.74, 6) is -1.44. The highest BCUT2D eigenvalue weighted by Crippen LogP contribution is 2.57. The minimum absolute atomic E-state index is 0.137. The second kappa shape index (κ2) is 6.02. The van der Waals surface area contributed by atoms with Crippen LogP contribution in [0.4, 0.5) is 0 Å². The maximum Gasteiger partial charge on any atom is 0.235 e. The first-order valence-electron chi connectivity index (χ1n) is 10.3.